The third kappa shape index (κ3) is 2.67. The van der Waals surface area contributed by atoms with Crippen molar-refractivity contribution in [2.45, 2.75) is 49.3 Å². The summed E-state index contributed by atoms with van der Waals surface area (Å²) in [6, 6.07) is 0.839. The van der Waals surface area contributed by atoms with Crippen LogP contribution in [0.25, 0.3) is 0 Å². The van der Waals surface area contributed by atoms with Gasteiger partial charge >= 0.3 is 5.97 Å². The fraction of sp³-hybridized carbons (Fsp3) is 0.474. The average molecular weight is 456 g/mol. The van der Waals surface area contributed by atoms with Gasteiger partial charge in [-0.2, -0.15) is 0 Å². The van der Waals surface area contributed by atoms with Crippen molar-refractivity contribution in [2.24, 2.45) is 0 Å². The normalized spacial score (nSPS) is 36.6. The summed E-state index contributed by atoms with van der Waals surface area (Å²) in [5.41, 5.74) is -3.76. The lowest BCUT2D eigenvalue weighted by Gasteiger charge is -2.54. The van der Waals surface area contributed by atoms with Gasteiger partial charge < -0.3 is 30.5 Å². The molecule has 1 aromatic carbocycles. The van der Waals surface area contributed by atoms with E-state index in [1.54, 1.807) is 6.92 Å². The van der Waals surface area contributed by atoms with Crippen LogP contribution in [-0.2, 0) is 4.74 Å². The quantitative estimate of drug-likeness (QED) is 0.352. The number of hydrogen-bond acceptors (Lipinski definition) is 8. The molecule has 1 spiro atoms. The molecule has 31 heavy (non-hydrogen) atoms. The minimum absolute atomic E-state index is 0.0472. The number of halogens is 2. The van der Waals surface area contributed by atoms with Crippen LogP contribution >= 0.6 is 11.6 Å². The molecule has 0 aliphatic carbocycles. The molecule has 1 aromatic rings. The Balaban J connectivity index is 1.78. The molecular weight excluding hydrogens is 433 g/mol. The zero-order chi connectivity index (χ0) is 22.9. The van der Waals surface area contributed by atoms with Crippen molar-refractivity contribution in [3.8, 4) is 0 Å². The molecular formula is C19H23ClFN5O5. The SMILES string of the molecule is C=C1NC2C(CO)NC(=N)N3C(C)[C@H](OC(=O)c4ccc(F)cc4Cl)[C@](C)(O)C23N1O. The lowest BCUT2D eigenvalue weighted by molar-refractivity contribution is -0.242. The second kappa shape index (κ2) is 6.95. The van der Waals surface area contributed by atoms with Crippen LogP contribution in [0.5, 0.6) is 0 Å². The molecule has 6 atom stereocenters. The number of hydroxylamine groups is 2. The summed E-state index contributed by atoms with van der Waals surface area (Å²) in [4.78, 5) is 14.2. The number of guanidine groups is 1. The number of nitrogens with one attached hydrogen (secondary N) is 3. The Kier molecular flexibility index (Phi) is 4.85. The van der Waals surface area contributed by atoms with Gasteiger partial charge in [-0.05, 0) is 32.0 Å². The Morgan fingerprint density at radius 3 is 2.74 bits per heavy atom. The first-order valence-corrected chi connectivity index (χ1v) is 9.94. The molecule has 3 aliphatic heterocycles. The lowest BCUT2D eigenvalue weighted by Crippen LogP contribution is -2.80. The zero-order valence-corrected chi connectivity index (χ0v) is 17.5. The van der Waals surface area contributed by atoms with Gasteiger partial charge in [0.2, 0.25) is 0 Å². The maximum atomic E-state index is 13.4. The second-order valence-corrected chi connectivity index (χ2v) is 8.50. The van der Waals surface area contributed by atoms with Crippen molar-refractivity contribution in [1.82, 2.24) is 20.6 Å². The Hall–Kier alpha value is -2.60. The summed E-state index contributed by atoms with van der Waals surface area (Å²) < 4.78 is 19.0. The summed E-state index contributed by atoms with van der Waals surface area (Å²) in [7, 11) is 0. The van der Waals surface area contributed by atoms with Crippen LogP contribution < -0.4 is 10.6 Å². The first-order chi connectivity index (χ1) is 14.5. The van der Waals surface area contributed by atoms with Gasteiger partial charge in [0.25, 0.3) is 0 Å². The van der Waals surface area contributed by atoms with Crippen molar-refractivity contribution >= 4 is 23.5 Å². The standard InChI is InChI=1S/C19H23ClFN5O5/c1-8-15(31-16(28)11-5-4-10(21)6-12(11)20)18(3,29)19-14(23-9(2)26(19)30)13(7-27)24-17(22)25(8)19/h4-6,8,13-15,23,27,29-30H,2,7H2,1,3H3,(H2,22,24)/t8?,13?,14?,15-,18-,19?/m0/s1. The molecule has 0 amide bonds. The van der Waals surface area contributed by atoms with Crippen molar-refractivity contribution in [3.63, 3.8) is 0 Å². The fourth-order valence-corrected chi connectivity index (χ4v) is 5.35. The van der Waals surface area contributed by atoms with Gasteiger partial charge in [-0.1, -0.05) is 18.2 Å². The van der Waals surface area contributed by atoms with Crippen LogP contribution in [0.4, 0.5) is 4.39 Å². The highest BCUT2D eigenvalue weighted by atomic mass is 35.5. The predicted octanol–water partition coefficient (Wildman–Crippen LogP) is 0.189. The molecule has 4 unspecified atom stereocenters. The zero-order valence-electron chi connectivity index (χ0n) is 16.8. The Bertz CT molecular complexity index is 977. The van der Waals surface area contributed by atoms with Crippen LogP contribution in [0.2, 0.25) is 5.02 Å². The number of carbonyl (C=O) groups is 1. The topological polar surface area (TPSA) is 141 Å². The highest BCUT2D eigenvalue weighted by Crippen LogP contribution is 2.53. The summed E-state index contributed by atoms with van der Waals surface area (Å²) in [5.74, 6) is -1.66. The average Bonchev–Trinajstić information content (AvgIpc) is 3.06. The molecule has 6 N–H and O–H groups in total. The second-order valence-electron chi connectivity index (χ2n) is 8.10. The highest BCUT2D eigenvalue weighted by molar-refractivity contribution is 6.33. The number of nitrogens with zero attached hydrogens (tertiary/aromatic N) is 2. The van der Waals surface area contributed by atoms with Gasteiger partial charge in [0, 0.05) is 0 Å². The smallest absolute Gasteiger partial charge is 0.340 e. The first-order valence-electron chi connectivity index (χ1n) is 9.56. The molecule has 0 aromatic heterocycles. The number of esters is 1. The molecule has 12 heteroatoms. The number of aliphatic hydroxyl groups is 2. The molecule has 3 aliphatic rings. The van der Waals surface area contributed by atoms with E-state index in [-0.39, 0.29) is 22.4 Å². The first kappa shape index (κ1) is 21.6. The summed E-state index contributed by atoms with van der Waals surface area (Å²) in [5, 5.41) is 47.3. The summed E-state index contributed by atoms with van der Waals surface area (Å²) >= 11 is 5.97. The Morgan fingerprint density at radius 2 is 2.13 bits per heavy atom. The molecule has 0 radical (unpaired) electrons. The molecule has 3 heterocycles. The third-order valence-corrected chi connectivity index (χ3v) is 6.71. The fourth-order valence-electron chi connectivity index (χ4n) is 5.11. The molecule has 3 saturated heterocycles. The van der Waals surface area contributed by atoms with E-state index in [4.69, 9.17) is 21.7 Å². The molecule has 0 saturated carbocycles. The van der Waals surface area contributed by atoms with Crippen LogP contribution in [0, 0.1) is 11.2 Å². The Labute approximate surface area is 182 Å². The molecule has 10 nitrogen and oxygen atoms in total. The van der Waals surface area contributed by atoms with Gasteiger partial charge in [-0.15, -0.1) is 0 Å². The highest BCUT2D eigenvalue weighted by Gasteiger charge is 2.78. The number of ether oxygens (including phenoxy) is 1. The maximum absolute atomic E-state index is 13.4. The van der Waals surface area contributed by atoms with E-state index in [2.05, 4.69) is 17.2 Å². The third-order valence-electron chi connectivity index (χ3n) is 6.39. The van der Waals surface area contributed by atoms with Gasteiger partial charge in [-0.25, -0.2) is 14.2 Å². The predicted molar refractivity (Wildman–Crippen MR) is 107 cm³/mol. The number of rotatable bonds is 3. The molecule has 0 bridgehead atoms. The van der Waals surface area contributed by atoms with Crippen molar-refractivity contribution in [2.75, 3.05) is 6.61 Å². The van der Waals surface area contributed by atoms with E-state index < -0.39 is 53.9 Å². The molecule has 168 valence electrons. The van der Waals surface area contributed by atoms with Gasteiger partial charge in [0.05, 0.1) is 35.3 Å². The van der Waals surface area contributed by atoms with E-state index in [9.17, 15) is 24.6 Å². The van der Waals surface area contributed by atoms with Crippen LogP contribution in [0.1, 0.15) is 24.2 Å². The van der Waals surface area contributed by atoms with E-state index in [1.807, 2.05) is 0 Å². The Morgan fingerprint density at radius 1 is 1.45 bits per heavy atom. The summed E-state index contributed by atoms with van der Waals surface area (Å²) in [6.45, 7) is 6.33. The minimum atomic E-state index is -1.96. The van der Waals surface area contributed by atoms with Crippen LogP contribution in [-0.4, -0.2) is 79.4 Å². The van der Waals surface area contributed by atoms with Crippen LogP contribution in [0.15, 0.2) is 30.6 Å². The number of carbonyl (C=O) groups excluding carboxylic acids is 1. The monoisotopic (exact) mass is 455 g/mol. The van der Waals surface area contributed by atoms with Crippen molar-refractivity contribution in [1.29, 1.82) is 5.41 Å². The van der Waals surface area contributed by atoms with E-state index in [1.165, 1.54) is 17.9 Å². The van der Waals surface area contributed by atoms with Gasteiger partial charge in [0.1, 0.15) is 17.2 Å². The van der Waals surface area contributed by atoms with Crippen molar-refractivity contribution in [3.05, 3.63) is 47.0 Å². The van der Waals surface area contributed by atoms with E-state index >= 15 is 0 Å². The minimum Gasteiger partial charge on any atom is -0.453 e. The van der Waals surface area contributed by atoms with E-state index in [0.29, 0.717) is 5.06 Å². The molecule has 3 fully saturated rings. The van der Waals surface area contributed by atoms with E-state index in [0.717, 1.165) is 12.1 Å². The van der Waals surface area contributed by atoms with Gasteiger partial charge in [0.15, 0.2) is 17.7 Å². The lowest BCUT2D eigenvalue weighted by atomic mass is 9.78. The summed E-state index contributed by atoms with van der Waals surface area (Å²) in [6.07, 6.45) is -1.24. The molecule has 4 rings (SSSR count). The van der Waals surface area contributed by atoms with Crippen LogP contribution in [0.3, 0.4) is 0 Å². The van der Waals surface area contributed by atoms with Gasteiger partial charge in [-0.3, -0.25) is 10.6 Å². The number of hydrogen-bond donors (Lipinski definition) is 6. The number of benzene rings is 1. The largest absolute Gasteiger partial charge is 0.453 e. The maximum Gasteiger partial charge on any atom is 0.340 e. The number of aliphatic hydroxyl groups excluding tert-OH is 1. The van der Waals surface area contributed by atoms with Crippen molar-refractivity contribution < 1.29 is 29.3 Å².